The summed E-state index contributed by atoms with van der Waals surface area (Å²) in [6, 6.07) is 10.3. The van der Waals surface area contributed by atoms with Gasteiger partial charge in [0.2, 0.25) is 0 Å². The number of aromatic nitrogens is 2. The van der Waals surface area contributed by atoms with E-state index in [1.807, 2.05) is 18.2 Å². The van der Waals surface area contributed by atoms with Crippen LogP contribution in [0.3, 0.4) is 0 Å². The van der Waals surface area contributed by atoms with E-state index >= 15 is 0 Å². The van der Waals surface area contributed by atoms with Crippen LogP contribution in [0.2, 0.25) is 0 Å². The SMILES string of the molecule is Nc1nnc(-c2ccccc2O)cc1N1CCN(CC2NNC3CCCCC32)CC1. The molecule has 0 amide bonds. The number of nitrogens with two attached hydrogens (primary N) is 1. The molecule has 1 aliphatic carbocycles. The summed E-state index contributed by atoms with van der Waals surface area (Å²) in [7, 11) is 0. The van der Waals surface area contributed by atoms with Gasteiger partial charge in [0, 0.05) is 50.4 Å². The molecule has 8 nitrogen and oxygen atoms in total. The minimum atomic E-state index is 0.200. The van der Waals surface area contributed by atoms with Crippen molar-refractivity contribution in [3.63, 3.8) is 0 Å². The number of rotatable bonds is 4. The molecule has 3 heterocycles. The third kappa shape index (κ3) is 3.82. The van der Waals surface area contributed by atoms with Gasteiger partial charge in [-0.15, -0.1) is 10.2 Å². The molecule has 160 valence electrons. The zero-order chi connectivity index (χ0) is 20.5. The van der Waals surface area contributed by atoms with Gasteiger partial charge < -0.3 is 15.7 Å². The van der Waals surface area contributed by atoms with Crippen LogP contribution in [0, 0.1) is 5.92 Å². The van der Waals surface area contributed by atoms with Crippen LogP contribution < -0.4 is 21.5 Å². The molecule has 2 aromatic rings. The molecule has 3 fully saturated rings. The van der Waals surface area contributed by atoms with Crippen molar-refractivity contribution < 1.29 is 5.11 Å². The molecule has 3 aliphatic rings. The molecule has 3 atom stereocenters. The number of para-hydroxylation sites is 1. The molecule has 2 saturated heterocycles. The maximum atomic E-state index is 10.2. The predicted octanol–water partition coefficient (Wildman–Crippen LogP) is 1.59. The highest BCUT2D eigenvalue weighted by atomic mass is 16.3. The Morgan fingerprint density at radius 3 is 2.67 bits per heavy atom. The number of hydrogen-bond donors (Lipinski definition) is 4. The molecule has 3 unspecified atom stereocenters. The summed E-state index contributed by atoms with van der Waals surface area (Å²) in [5, 5.41) is 18.5. The van der Waals surface area contributed by atoms with E-state index < -0.39 is 0 Å². The van der Waals surface area contributed by atoms with E-state index in [4.69, 9.17) is 5.73 Å². The average molecular weight is 410 g/mol. The van der Waals surface area contributed by atoms with E-state index in [1.54, 1.807) is 12.1 Å². The lowest BCUT2D eigenvalue weighted by Crippen LogP contribution is -2.51. The quantitative estimate of drug-likeness (QED) is 0.604. The highest BCUT2D eigenvalue weighted by molar-refractivity contribution is 5.74. The smallest absolute Gasteiger partial charge is 0.169 e. The summed E-state index contributed by atoms with van der Waals surface area (Å²) in [5.74, 6) is 1.40. The lowest BCUT2D eigenvalue weighted by Gasteiger charge is -2.38. The Balaban J connectivity index is 1.23. The van der Waals surface area contributed by atoms with Crippen molar-refractivity contribution in [3.05, 3.63) is 30.3 Å². The molecule has 0 radical (unpaired) electrons. The summed E-state index contributed by atoms with van der Waals surface area (Å²) in [6.07, 6.45) is 5.35. The van der Waals surface area contributed by atoms with Gasteiger partial charge in [0.05, 0.1) is 11.4 Å². The number of nitrogens with zero attached hydrogens (tertiary/aromatic N) is 4. The summed E-state index contributed by atoms with van der Waals surface area (Å²) >= 11 is 0. The number of phenols is 1. The maximum absolute atomic E-state index is 10.2. The van der Waals surface area contributed by atoms with E-state index in [0.29, 0.717) is 29.2 Å². The van der Waals surface area contributed by atoms with Gasteiger partial charge in [-0.1, -0.05) is 25.0 Å². The van der Waals surface area contributed by atoms with Gasteiger partial charge in [0.25, 0.3) is 0 Å². The second-order valence-corrected chi connectivity index (χ2v) is 8.75. The number of anilines is 2. The minimum Gasteiger partial charge on any atom is -0.507 e. The van der Waals surface area contributed by atoms with Crippen LogP contribution in [0.4, 0.5) is 11.5 Å². The number of nitrogens with one attached hydrogen (secondary N) is 2. The normalized spacial score (nSPS) is 27.2. The molecule has 1 aromatic carbocycles. The van der Waals surface area contributed by atoms with E-state index in [0.717, 1.165) is 44.3 Å². The molecule has 2 aliphatic heterocycles. The van der Waals surface area contributed by atoms with Crippen LogP contribution in [0.15, 0.2) is 30.3 Å². The lowest BCUT2D eigenvalue weighted by molar-refractivity contribution is 0.203. The van der Waals surface area contributed by atoms with Crippen molar-refractivity contribution in [2.45, 2.75) is 37.8 Å². The second-order valence-electron chi connectivity index (χ2n) is 8.75. The van der Waals surface area contributed by atoms with Crippen LogP contribution in [0.1, 0.15) is 25.7 Å². The minimum absolute atomic E-state index is 0.200. The first-order valence-corrected chi connectivity index (χ1v) is 11.1. The highest BCUT2D eigenvalue weighted by Gasteiger charge is 2.38. The van der Waals surface area contributed by atoms with Crippen molar-refractivity contribution in [2.75, 3.05) is 43.4 Å². The number of benzene rings is 1. The topological polar surface area (TPSA) is 103 Å². The summed E-state index contributed by atoms with van der Waals surface area (Å²) in [4.78, 5) is 4.84. The highest BCUT2D eigenvalue weighted by Crippen LogP contribution is 2.33. The fourth-order valence-corrected chi connectivity index (χ4v) is 5.24. The molecular formula is C22H31N7O. The third-order valence-electron chi connectivity index (χ3n) is 6.94. The molecular weight excluding hydrogens is 378 g/mol. The molecule has 30 heavy (non-hydrogen) atoms. The number of fused-ring (bicyclic) bond motifs is 1. The Bertz CT molecular complexity index is 884. The summed E-state index contributed by atoms with van der Waals surface area (Å²) in [6.45, 7) is 4.91. The number of phenolic OH excluding ortho intramolecular Hbond substituents is 1. The van der Waals surface area contributed by atoms with Gasteiger partial charge in [0.1, 0.15) is 5.75 Å². The van der Waals surface area contributed by atoms with Crippen molar-refractivity contribution in [1.29, 1.82) is 0 Å². The van der Waals surface area contributed by atoms with Crippen LogP contribution in [0.5, 0.6) is 5.75 Å². The molecule has 0 spiro atoms. The van der Waals surface area contributed by atoms with E-state index in [2.05, 4.69) is 30.8 Å². The molecule has 0 bridgehead atoms. The fourth-order valence-electron chi connectivity index (χ4n) is 5.24. The second kappa shape index (κ2) is 8.37. The number of piperazine rings is 1. The Kier molecular flexibility index (Phi) is 5.45. The molecule has 8 heteroatoms. The van der Waals surface area contributed by atoms with Gasteiger partial charge in [-0.05, 0) is 37.0 Å². The standard InChI is InChI=1S/C22H31N7O/c23-22-20(13-18(25-27-22)16-6-2-4-8-21(16)30)29-11-9-28(10-12-29)14-19-15-5-1-3-7-17(15)24-26-19/h2,4,6,8,13,15,17,19,24,26,30H,1,3,5,7,9-12,14H2,(H2,23,27). The van der Waals surface area contributed by atoms with E-state index in [1.165, 1.54) is 25.7 Å². The summed E-state index contributed by atoms with van der Waals surface area (Å²) in [5.41, 5.74) is 15.5. The van der Waals surface area contributed by atoms with Gasteiger partial charge in [-0.25, -0.2) is 0 Å². The zero-order valence-corrected chi connectivity index (χ0v) is 17.3. The van der Waals surface area contributed by atoms with Crippen LogP contribution in [-0.2, 0) is 0 Å². The average Bonchev–Trinajstić information content (AvgIpc) is 3.18. The first-order chi connectivity index (χ1) is 14.7. The molecule has 1 saturated carbocycles. The number of nitrogen functional groups attached to an aromatic ring is 1. The maximum Gasteiger partial charge on any atom is 0.169 e. The summed E-state index contributed by atoms with van der Waals surface area (Å²) < 4.78 is 0. The Morgan fingerprint density at radius 1 is 1.03 bits per heavy atom. The van der Waals surface area contributed by atoms with Gasteiger partial charge >= 0.3 is 0 Å². The van der Waals surface area contributed by atoms with Gasteiger partial charge in [-0.2, -0.15) is 0 Å². The Morgan fingerprint density at radius 2 is 1.83 bits per heavy atom. The largest absolute Gasteiger partial charge is 0.507 e. The van der Waals surface area contributed by atoms with Crippen LogP contribution in [0.25, 0.3) is 11.3 Å². The van der Waals surface area contributed by atoms with Crippen molar-refractivity contribution in [1.82, 2.24) is 25.9 Å². The zero-order valence-electron chi connectivity index (χ0n) is 17.3. The van der Waals surface area contributed by atoms with Gasteiger partial charge in [-0.3, -0.25) is 15.8 Å². The number of hydrazine groups is 1. The van der Waals surface area contributed by atoms with E-state index in [-0.39, 0.29) is 5.75 Å². The lowest BCUT2D eigenvalue weighted by atomic mass is 9.81. The van der Waals surface area contributed by atoms with Crippen molar-refractivity contribution in [3.8, 4) is 17.0 Å². The van der Waals surface area contributed by atoms with Crippen molar-refractivity contribution >= 4 is 11.5 Å². The monoisotopic (exact) mass is 409 g/mol. The van der Waals surface area contributed by atoms with E-state index in [9.17, 15) is 5.11 Å². The third-order valence-corrected chi connectivity index (χ3v) is 6.94. The first kappa shape index (κ1) is 19.5. The van der Waals surface area contributed by atoms with Crippen LogP contribution in [-0.4, -0.2) is 65.0 Å². The Hall–Kier alpha value is -2.42. The number of hydrogen-bond acceptors (Lipinski definition) is 8. The van der Waals surface area contributed by atoms with Gasteiger partial charge in [0.15, 0.2) is 5.82 Å². The predicted molar refractivity (Wildman–Crippen MR) is 118 cm³/mol. The molecule has 1 aromatic heterocycles. The first-order valence-electron chi connectivity index (χ1n) is 11.1. The molecule has 5 rings (SSSR count). The molecule has 5 N–H and O–H groups in total. The number of aromatic hydroxyl groups is 1. The Labute approximate surface area is 177 Å². The van der Waals surface area contributed by atoms with Crippen molar-refractivity contribution in [2.24, 2.45) is 5.92 Å². The van der Waals surface area contributed by atoms with Crippen LogP contribution >= 0.6 is 0 Å². The fraction of sp³-hybridized carbons (Fsp3) is 0.545.